The lowest BCUT2D eigenvalue weighted by atomic mass is 10.0. The number of carbonyl (C=O) groups is 1. The highest BCUT2D eigenvalue weighted by Gasteiger charge is 2.11. The molecule has 0 amide bonds. The summed E-state index contributed by atoms with van der Waals surface area (Å²) in [6.07, 6.45) is 2.70. The number of aromatic hydroxyl groups is 1. The lowest BCUT2D eigenvalue weighted by molar-refractivity contribution is 0.0696. The summed E-state index contributed by atoms with van der Waals surface area (Å²) in [6.45, 7) is 3.75. The number of rotatable bonds is 4. The molecule has 0 bridgehead atoms. The SMILES string of the molecule is CCCCc1cc(C(=O)O)c(C)cc1O. The molecule has 0 aliphatic carbocycles. The van der Waals surface area contributed by atoms with Gasteiger partial charge in [0.15, 0.2) is 0 Å². The molecule has 0 aliphatic heterocycles. The molecule has 2 N–H and O–H groups in total. The molecule has 0 heterocycles. The fourth-order valence-electron chi connectivity index (χ4n) is 1.54. The van der Waals surface area contributed by atoms with Crippen LogP contribution in [-0.2, 0) is 6.42 Å². The van der Waals surface area contributed by atoms with Gasteiger partial charge in [0.05, 0.1) is 5.56 Å². The summed E-state index contributed by atoms with van der Waals surface area (Å²) in [6, 6.07) is 3.09. The van der Waals surface area contributed by atoms with Crippen molar-refractivity contribution in [2.75, 3.05) is 0 Å². The maximum Gasteiger partial charge on any atom is 0.335 e. The summed E-state index contributed by atoms with van der Waals surface area (Å²) >= 11 is 0. The summed E-state index contributed by atoms with van der Waals surface area (Å²) in [4.78, 5) is 10.9. The lowest BCUT2D eigenvalue weighted by Gasteiger charge is -2.07. The van der Waals surface area contributed by atoms with Crippen LogP contribution in [-0.4, -0.2) is 16.2 Å². The van der Waals surface area contributed by atoms with Crippen LogP contribution in [0, 0.1) is 6.92 Å². The highest BCUT2D eigenvalue weighted by Crippen LogP contribution is 2.23. The molecule has 0 atom stereocenters. The molecule has 0 saturated carbocycles. The monoisotopic (exact) mass is 208 g/mol. The van der Waals surface area contributed by atoms with Crippen molar-refractivity contribution >= 4 is 5.97 Å². The minimum atomic E-state index is -0.940. The Morgan fingerprint density at radius 1 is 1.40 bits per heavy atom. The van der Waals surface area contributed by atoms with Gasteiger partial charge in [-0.25, -0.2) is 4.79 Å². The standard InChI is InChI=1S/C12H16O3/c1-3-4-5-9-7-10(12(14)15)8(2)6-11(9)13/h6-7,13H,3-5H2,1-2H3,(H,14,15). The second-order valence-electron chi connectivity index (χ2n) is 3.70. The zero-order valence-corrected chi connectivity index (χ0v) is 9.08. The zero-order chi connectivity index (χ0) is 11.4. The first-order valence-electron chi connectivity index (χ1n) is 5.12. The van der Waals surface area contributed by atoms with Crippen molar-refractivity contribution in [1.29, 1.82) is 0 Å². The molecule has 0 radical (unpaired) electrons. The highest BCUT2D eigenvalue weighted by atomic mass is 16.4. The predicted octanol–water partition coefficient (Wildman–Crippen LogP) is 2.74. The average molecular weight is 208 g/mol. The first-order chi connectivity index (χ1) is 7.06. The minimum absolute atomic E-state index is 0.200. The van der Waals surface area contributed by atoms with Gasteiger partial charge in [0, 0.05) is 0 Å². The van der Waals surface area contributed by atoms with Gasteiger partial charge in [-0.15, -0.1) is 0 Å². The minimum Gasteiger partial charge on any atom is -0.508 e. The number of aromatic carboxylic acids is 1. The molecule has 1 aromatic carbocycles. The van der Waals surface area contributed by atoms with Crippen molar-refractivity contribution in [2.24, 2.45) is 0 Å². The van der Waals surface area contributed by atoms with Crippen LogP contribution in [0.2, 0.25) is 0 Å². The summed E-state index contributed by atoms with van der Waals surface area (Å²) in [5.74, 6) is -0.740. The predicted molar refractivity (Wildman–Crippen MR) is 58.4 cm³/mol. The smallest absolute Gasteiger partial charge is 0.335 e. The maximum absolute atomic E-state index is 10.9. The molecule has 3 heteroatoms. The first kappa shape index (κ1) is 11.6. The normalized spacial score (nSPS) is 10.3. The van der Waals surface area contributed by atoms with E-state index in [-0.39, 0.29) is 11.3 Å². The average Bonchev–Trinajstić information content (AvgIpc) is 2.16. The Morgan fingerprint density at radius 2 is 2.07 bits per heavy atom. The largest absolute Gasteiger partial charge is 0.508 e. The van der Waals surface area contributed by atoms with E-state index >= 15 is 0 Å². The summed E-state index contributed by atoms with van der Waals surface area (Å²) < 4.78 is 0. The van der Waals surface area contributed by atoms with E-state index in [0.29, 0.717) is 5.56 Å². The Morgan fingerprint density at radius 3 is 2.60 bits per heavy atom. The van der Waals surface area contributed by atoms with Gasteiger partial charge in [-0.3, -0.25) is 0 Å². The third-order valence-corrected chi connectivity index (χ3v) is 2.46. The van der Waals surface area contributed by atoms with E-state index in [0.717, 1.165) is 24.8 Å². The quantitative estimate of drug-likeness (QED) is 0.799. The van der Waals surface area contributed by atoms with Crippen LogP contribution in [0.1, 0.15) is 41.3 Å². The van der Waals surface area contributed by atoms with Crippen LogP contribution < -0.4 is 0 Å². The van der Waals surface area contributed by atoms with Crippen LogP contribution in [0.5, 0.6) is 5.75 Å². The molecule has 0 fully saturated rings. The molecule has 1 aromatic rings. The van der Waals surface area contributed by atoms with Crippen LogP contribution in [0.15, 0.2) is 12.1 Å². The number of carboxylic acid groups (broad SMARTS) is 1. The summed E-state index contributed by atoms with van der Waals surface area (Å²) in [7, 11) is 0. The molecular weight excluding hydrogens is 192 g/mol. The van der Waals surface area contributed by atoms with Gasteiger partial charge in [0.2, 0.25) is 0 Å². The fraction of sp³-hybridized carbons (Fsp3) is 0.417. The van der Waals surface area contributed by atoms with Crippen LogP contribution >= 0.6 is 0 Å². The molecule has 82 valence electrons. The van der Waals surface area contributed by atoms with Gasteiger partial charge in [-0.1, -0.05) is 13.3 Å². The van der Waals surface area contributed by atoms with E-state index in [4.69, 9.17) is 5.11 Å². The number of phenols is 1. The van der Waals surface area contributed by atoms with Gasteiger partial charge >= 0.3 is 5.97 Å². The third-order valence-electron chi connectivity index (χ3n) is 2.46. The maximum atomic E-state index is 10.9. The number of benzene rings is 1. The van der Waals surface area contributed by atoms with Crippen molar-refractivity contribution < 1.29 is 15.0 Å². The number of phenolic OH excluding ortho intramolecular Hbond substituents is 1. The molecule has 0 spiro atoms. The van der Waals surface area contributed by atoms with E-state index in [1.54, 1.807) is 13.0 Å². The Kier molecular flexibility index (Phi) is 3.72. The van der Waals surface area contributed by atoms with Gasteiger partial charge in [0.25, 0.3) is 0 Å². The number of hydrogen-bond acceptors (Lipinski definition) is 2. The topological polar surface area (TPSA) is 57.5 Å². The second kappa shape index (κ2) is 4.82. The van der Waals surface area contributed by atoms with Crippen molar-refractivity contribution in [1.82, 2.24) is 0 Å². The van der Waals surface area contributed by atoms with Crippen LogP contribution in [0.25, 0.3) is 0 Å². The molecule has 1 rings (SSSR count). The first-order valence-corrected chi connectivity index (χ1v) is 5.12. The molecular formula is C12H16O3. The molecule has 15 heavy (non-hydrogen) atoms. The van der Waals surface area contributed by atoms with E-state index in [1.807, 2.05) is 0 Å². The van der Waals surface area contributed by atoms with Crippen molar-refractivity contribution in [3.05, 3.63) is 28.8 Å². The van der Waals surface area contributed by atoms with Crippen LogP contribution in [0.4, 0.5) is 0 Å². The van der Waals surface area contributed by atoms with Crippen molar-refractivity contribution in [3.63, 3.8) is 0 Å². The number of hydrogen-bond donors (Lipinski definition) is 2. The Labute approximate surface area is 89.4 Å². The van der Waals surface area contributed by atoms with Crippen molar-refractivity contribution in [2.45, 2.75) is 33.1 Å². The Bertz CT molecular complexity index is 369. The second-order valence-corrected chi connectivity index (χ2v) is 3.70. The van der Waals surface area contributed by atoms with Gasteiger partial charge in [-0.05, 0) is 43.0 Å². The van der Waals surface area contributed by atoms with E-state index in [9.17, 15) is 9.90 Å². The number of unbranched alkanes of at least 4 members (excludes halogenated alkanes) is 1. The number of carboxylic acids is 1. The third kappa shape index (κ3) is 2.72. The molecule has 3 nitrogen and oxygen atoms in total. The highest BCUT2D eigenvalue weighted by molar-refractivity contribution is 5.89. The van der Waals surface area contributed by atoms with Gasteiger partial charge in [0.1, 0.15) is 5.75 Å². The molecule has 0 unspecified atom stereocenters. The molecule has 0 aromatic heterocycles. The van der Waals surface area contributed by atoms with Gasteiger partial charge < -0.3 is 10.2 Å². The zero-order valence-electron chi connectivity index (χ0n) is 9.08. The molecule has 0 aliphatic rings. The lowest BCUT2D eigenvalue weighted by Crippen LogP contribution is -2.01. The van der Waals surface area contributed by atoms with E-state index < -0.39 is 5.97 Å². The number of aryl methyl sites for hydroxylation is 2. The Hall–Kier alpha value is -1.51. The Balaban J connectivity index is 3.06. The van der Waals surface area contributed by atoms with E-state index in [1.165, 1.54) is 6.07 Å². The molecule has 0 saturated heterocycles. The fourth-order valence-corrected chi connectivity index (χ4v) is 1.54. The summed E-state index contributed by atoms with van der Waals surface area (Å²) in [5.41, 5.74) is 1.60. The van der Waals surface area contributed by atoms with Gasteiger partial charge in [-0.2, -0.15) is 0 Å². The summed E-state index contributed by atoms with van der Waals surface area (Å²) in [5, 5.41) is 18.6. The van der Waals surface area contributed by atoms with Crippen LogP contribution in [0.3, 0.4) is 0 Å². The van der Waals surface area contributed by atoms with Crippen molar-refractivity contribution in [3.8, 4) is 5.75 Å². The van der Waals surface area contributed by atoms with E-state index in [2.05, 4.69) is 6.92 Å².